The van der Waals surface area contributed by atoms with Gasteiger partial charge in [-0.1, -0.05) is 0 Å². The van der Waals surface area contributed by atoms with Crippen LogP contribution in [0, 0.1) is 0 Å². The Labute approximate surface area is 134 Å². The number of hydrogen-bond acceptors (Lipinski definition) is 9. The van der Waals surface area contributed by atoms with E-state index in [0.717, 1.165) is 0 Å². The molecule has 0 aromatic carbocycles. The Kier molecular flexibility index (Phi) is 10.1. The Hall–Kier alpha value is -0.940. The fraction of sp³-hybridized carbons (Fsp3) is 0.923. The molecule has 0 amide bonds. The molecular weight excluding hydrogens is 312 g/mol. The average Bonchev–Trinajstić information content (AvgIpc) is 2.56. The summed E-state index contributed by atoms with van der Waals surface area (Å²) in [5, 5.41) is 41.6. The number of ether oxygens (including phenoxy) is 4. The van der Waals surface area contributed by atoms with E-state index in [4.69, 9.17) is 24.1 Å². The standard InChI is InChI=1S/C13H25N2O8/c1-14-15-2-3-20-4-5-21-6-7-22-13-12(19)11(18)10(17)9(8-16)23-13/h9-13,16-19H,1-8H2/q+1. The molecule has 0 spiro atoms. The Morgan fingerprint density at radius 3 is 2.26 bits per heavy atom. The Balaban J connectivity index is 2.09. The summed E-state index contributed by atoms with van der Waals surface area (Å²) in [6.45, 7) is 4.70. The van der Waals surface area contributed by atoms with E-state index in [9.17, 15) is 15.3 Å². The molecule has 1 aliphatic heterocycles. The molecule has 0 radical (unpaired) electrons. The van der Waals surface area contributed by atoms with Crippen LogP contribution in [0.15, 0.2) is 5.11 Å². The third kappa shape index (κ3) is 7.00. The van der Waals surface area contributed by atoms with Gasteiger partial charge in [0.15, 0.2) is 6.29 Å². The third-order valence-corrected chi connectivity index (χ3v) is 3.17. The highest BCUT2D eigenvalue weighted by molar-refractivity contribution is 5.12. The van der Waals surface area contributed by atoms with Gasteiger partial charge in [0.1, 0.15) is 31.0 Å². The maximum Gasteiger partial charge on any atom is 0.295 e. The van der Waals surface area contributed by atoms with E-state index in [1.165, 1.54) is 0 Å². The number of aliphatic hydroxyl groups excluding tert-OH is 4. The van der Waals surface area contributed by atoms with Crippen molar-refractivity contribution in [1.82, 2.24) is 0 Å². The summed E-state index contributed by atoms with van der Waals surface area (Å²) in [5.41, 5.74) is 0. The zero-order chi connectivity index (χ0) is 17.1. The van der Waals surface area contributed by atoms with Gasteiger partial charge < -0.3 is 39.4 Å². The molecule has 1 saturated heterocycles. The fourth-order valence-corrected chi connectivity index (χ4v) is 1.93. The van der Waals surface area contributed by atoms with Crippen molar-refractivity contribution in [1.29, 1.82) is 0 Å². The van der Waals surface area contributed by atoms with Gasteiger partial charge in [-0.25, -0.2) is 0 Å². The van der Waals surface area contributed by atoms with Gasteiger partial charge in [-0.3, -0.25) is 0 Å². The molecule has 0 aromatic heterocycles. The second-order valence-electron chi connectivity index (χ2n) is 4.80. The van der Waals surface area contributed by atoms with Gasteiger partial charge >= 0.3 is 0 Å². The molecular formula is C13H25N2O8+. The van der Waals surface area contributed by atoms with Crippen LogP contribution in [0.4, 0.5) is 0 Å². The normalized spacial score (nSPS) is 30.9. The summed E-state index contributed by atoms with van der Waals surface area (Å²) in [6, 6.07) is 0. The molecule has 5 unspecified atom stereocenters. The summed E-state index contributed by atoms with van der Waals surface area (Å²) in [7, 11) is 0. The lowest BCUT2D eigenvalue weighted by molar-refractivity contribution is -0.302. The molecule has 1 rings (SSSR count). The Morgan fingerprint density at radius 2 is 1.61 bits per heavy atom. The van der Waals surface area contributed by atoms with Gasteiger partial charge in [0.05, 0.1) is 44.8 Å². The Morgan fingerprint density at radius 1 is 0.957 bits per heavy atom. The van der Waals surface area contributed by atoms with Gasteiger partial charge in [-0.15, -0.1) is 0 Å². The molecule has 0 aromatic rings. The van der Waals surface area contributed by atoms with Crippen LogP contribution in [0.3, 0.4) is 0 Å². The lowest BCUT2D eigenvalue weighted by Gasteiger charge is -2.39. The smallest absolute Gasteiger partial charge is 0.295 e. The van der Waals surface area contributed by atoms with E-state index in [2.05, 4.69) is 16.6 Å². The largest absolute Gasteiger partial charge is 0.394 e. The molecule has 10 heteroatoms. The number of aliphatic hydroxyl groups is 4. The van der Waals surface area contributed by atoms with Crippen molar-refractivity contribution in [3.05, 3.63) is 0 Å². The lowest BCUT2D eigenvalue weighted by Crippen LogP contribution is -2.59. The maximum atomic E-state index is 9.74. The monoisotopic (exact) mass is 337 g/mol. The average molecular weight is 337 g/mol. The molecule has 1 aliphatic rings. The van der Waals surface area contributed by atoms with Crippen LogP contribution < -0.4 is 0 Å². The maximum absolute atomic E-state index is 9.74. The predicted octanol–water partition coefficient (Wildman–Crippen LogP) is -2.80. The summed E-state index contributed by atoms with van der Waals surface area (Å²) < 4.78 is 20.9. The van der Waals surface area contributed by atoms with Crippen LogP contribution in [-0.4, -0.2) is 109 Å². The predicted molar refractivity (Wildman–Crippen MR) is 76.0 cm³/mol. The summed E-state index contributed by atoms with van der Waals surface area (Å²) >= 11 is 0. The van der Waals surface area contributed by atoms with Gasteiger partial charge in [-0.05, 0) is 0 Å². The molecule has 1 heterocycles. The van der Waals surface area contributed by atoms with Crippen molar-refractivity contribution in [2.45, 2.75) is 30.7 Å². The first-order valence-electron chi connectivity index (χ1n) is 7.32. The molecule has 0 bridgehead atoms. The minimum Gasteiger partial charge on any atom is -0.394 e. The van der Waals surface area contributed by atoms with E-state index in [0.29, 0.717) is 26.4 Å². The molecule has 1 fully saturated rings. The van der Waals surface area contributed by atoms with Crippen LogP contribution in [0.25, 0.3) is 0 Å². The van der Waals surface area contributed by atoms with Crippen LogP contribution in [-0.2, 0) is 18.9 Å². The molecule has 23 heavy (non-hydrogen) atoms. The van der Waals surface area contributed by atoms with Gasteiger partial charge in [-0.2, -0.15) is 0 Å². The van der Waals surface area contributed by atoms with E-state index in [-0.39, 0.29) is 13.2 Å². The van der Waals surface area contributed by atoms with Crippen molar-refractivity contribution >= 4 is 6.72 Å². The van der Waals surface area contributed by atoms with Crippen LogP contribution in [0.1, 0.15) is 0 Å². The minimum atomic E-state index is -1.45. The van der Waals surface area contributed by atoms with Crippen LogP contribution in [0.2, 0.25) is 0 Å². The first kappa shape index (κ1) is 20.1. The van der Waals surface area contributed by atoms with Crippen molar-refractivity contribution in [3.8, 4) is 0 Å². The van der Waals surface area contributed by atoms with Crippen molar-refractivity contribution in [3.63, 3.8) is 0 Å². The SMILES string of the molecule is C=[N+]=NCCOCCOCCOC1OC(CO)C(O)C(O)C1O. The lowest BCUT2D eigenvalue weighted by atomic mass is 9.99. The van der Waals surface area contributed by atoms with E-state index >= 15 is 0 Å². The summed E-state index contributed by atoms with van der Waals surface area (Å²) in [6.07, 6.45) is -6.37. The minimum absolute atomic E-state index is 0.110. The molecule has 4 N–H and O–H groups in total. The number of hydrogen-bond donors (Lipinski definition) is 4. The second-order valence-corrected chi connectivity index (χ2v) is 4.80. The molecule has 10 nitrogen and oxygen atoms in total. The zero-order valence-electron chi connectivity index (χ0n) is 12.9. The second kappa shape index (κ2) is 11.6. The van der Waals surface area contributed by atoms with E-state index in [1.807, 2.05) is 0 Å². The van der Waals surface area contributed by atoms with Crippen molar-refractivity contribution in [2.24, 2.45) is 5.11 Å². The molecule has 0 saturated carbocycles. The highest BCUT2D eigenvalue weighted by Gasteiger charge is 2.43. The molecule has 134 valence electrons. The zero-order valence-corrected chi connectivity index (χ0v) is 12.9. The topological polar surface area (TPSA) is 144 Å². The van der Waals surface area contributed by atoms with E-state index < -0.39 is 37.3 Å². The summed E-state index contributed by atoms with van der Waals surface area (Å²) in [5.74, 6) is 0. The molecule has 0 aliphatic carbocycles. The quantitative estimate of drug-likeness (QED) is 0.137. The van der Waals surface area contributed by atoms with Gasteiger partial charge in [0, 0.05) is 4.79 Å². The highest BCUT2D eigenvalue weighted by Crippen LogP contribution is 2.21. The third-order valence-electron chi connectivity index (χ3n) is 3.17. The highest BCUT2D eigenvalue weighted by atomic mass is 16.7. The summed E-state index contributed by atoms with van der Waals surface area (Å²) in [4.78, 5) is 3.33. The Bertz CT molecular complexity index is 364. The van der Waals surface area contributed by atoms with Crippen molar-refractivity contribution in [2.75, 3.05) is 46.2 Å². The first-order chi connectivity index (χ1) is 11.1. The first-order valence-corrected chi connectivity index (χ1v) is 7.32. The van der Waals surface area contributed by atoms with Gasteiger partial charge in [0.25, 0.3) is 6.72 Å². The number of rotatable bonds is 11. The fourth-order valence-electron chi connectivity index (χ4n) is 1.93. The van der Waals surface area contributed by atoms with E-state index in [1.54, 1.807) is 0 Å². The van der Waals surface area contributed by atoms with Gasteiger partial charge in [0.2, 0.25) is 0 Å². The van der Waals surface area contributed by atoms with Crippen LogP contribution >= 0.6 is 0 Å². The van der Waals surface area contributed by atoms with Crippen molar-refractivity contribution < 1.29 is 44.2 Å². The van der Waals surface area contributed by atoms with Crippen LogP contribution in [0.5, 0.6) is 0 Å². The number of nitrogens with zero attached hydrogens (tertiary/aromatic N) is 2. The molecule has 5 atom stereocenters.